The maximum absolute atomic E-state index is 6.18. The first-order valence-electron chi connectivity index (χ1n) is 6.91. The van der Waals surface area contributed by atoms with Gasteiger partial charge in [0.1, 0.15) is 0 Å². The van der Waals surface area contributed by atoms with E-state index in [0.29, 0.717) is 27.5 Å². The van der Waals surface area contributed by atoms with Crippen molar-refractivity contribution < 1.29 is 0 Å². The monoisotopic (exact) mass is 341 g/mol. The molecule has 2 aromatic carbocycles. The Hall–Kier alpha value is -0.730. The SMILES string of the molecule is CC(C)c1ccc(CNCc2c(Cl)ccc(Cl)c2Cl)cc1. The quantitative estimate of drug-likeness (QED) is 0.651. The van der Waals surface area contributed by atoms with Crippen LogP contribution in [0.3, 0.4) is 0 Å². The zero-order chi connectivity index (χ0) is 15.4. The zero-order valence-corrected chi connectivity index (χ0v) is 14.4. The second kappa shape index (κ2) is 7.51. The fourth-order valence-corrected chi connectivity index (χ4v) is 2.76. The van der Waals surface area contributed by atoms with Gasteiger partial charge in [-0.1, -0.05) is 72.9 Å². The molecular weight excluding hydrogens is 325 g/mol. The molecule has 1 N–H and O–H groups in total. The molecule has 0 bridgehead atoms. The van der Waals surface area contributed by atoms with E-state index in [1.807, 2.05) is 0 Å². The molecule has 0 aliphatic carbocycles. The Balaban J connectivity index is 1.97. The first-order valence-corrected chi connectivity index (χ1v) is 8.04. The molecule has 0 heterocycles. The van der Waals surface area contributed by atoms with Gasteiger partial charge in [-0.05, 0) is 29.2 Å². The summed E-state index contributed by atoms with van der Waals surface area (Å²) in [6.45, 7) is 5.73. The van der Waals surface area contributed by atoms with Crippen LogP contribution in [0, 0.1) is 0 Å². The molecule has 0 amide bonds. The van der Waals surface area contributed by atoms with Crippen LogP contribution in [0.1, 0.15) is 36.5 Å². The summed E-state index contributed by atoms with van der Waals surface area (Å²) >= 11 is 18.3. The second-order valence-electron chi connectivity index (χ2n) is 5.32. The van der Waals surface area contributed by atoms with Gasteiger partial charge in [-0.15, -0.1) is 0 Å². The lowest BCUT2D eigenvalue weighted by Crippen LogP contribution is -2.13. The number of hydrogen-bond donors (Lipinski definition) is 1. The third kappa shape index (κ3) is 4.37. The van der Waals surface area contributed by atoms with Crippen LogP contribution >= 0.6 is 34.8 Å². The van der Waals surface area contributed by atoms with Gasteiger partial charge in [-0.3, -0.25) is 0 Å². The van der Waals surface area contributed by atoms with E-state index in [-0.39, 0.29) is 0 Å². The molecule has 2 aromatic rings. The minimum atomic E-state index is 0.520. The Morgan fingerprint density at radius 1 is 0.857 bits per heavy atom. The summed E-state index contributed by atoms with van der Waals surface area (Å²) in [5.74, 6) is 0.552. The Morgan fingerprint density at radius 2 is 1.48 bits per heavy atom. The lowest BCUT2D eigenvalue weighted by molar-refractivity contribution is 0.693. The predicted molar refractivity (Wildman–Crippen MR) is 92.5 cm³/mol. The minimum absolute atomic E-state index is 0.520. The molecule has 0 radical (unpaired) electrons. The van der Waals surface area contributed by atoms with Crippen LogP contribution in [0.15, 0.2) is 36.4 Å². The van der Waals surface area contributed by atoms with Crippen LogP contribution in [0.4, 0.5) is 0 Å². The van der Waals surface area contributed by atoms with Gasteiger partial charge in [0.25, 0.3) is 0 Å². The summed E-state index contributed by atoms with van der Waals surface area (Å²) in [4.78, 5) is 0. The molecule has 0 saturated heterocycles. The van der Waals surface area contributed by atoms with Crippen molar-refractivity contribution in [3.8, 4) is 0 Å². The molecule has 4 heteroatoms. The third-order valence-corrected chi connectivity index (χ3v) is 4.61. The van der Waals surface area contributed by atoms with Crippen LogP contribution < -0.4 is 5.32 Å². The highest BCUT2D eigenvalue weighted by atomic mass is 35.5. The van der Waals surface area contributed by atoms with Crippen molar-refractivity contribution in [1.82, 2.24) is 5.32 Å². The summed E-state index contributed by atoms with van der Waals surface area (Å²) in [5.41, 5.74) is 3.41. The molecule has 0 spiro atoms. The lowest BCUT2D eigenvalue weighted by Gasteiger charge is -2.11. The largest absolute Gasteiger partial charge is 0.309 e. The predicted octanol–water partition coefficient (Wildman–Crippen LogP) is 6.06. The molecule has 0 aliphatic heterocycles. The fraction of sp³-hybridized carbons (Fsp3) is 0.294. The Bertz CT molecular complexity index is 606. The minimum Gasteiger partial charge on any atom is -0.309 e. The highest BCUT2D eigenvalue weighted by molar-refractivity contribution is 6.44. The number of halogens is 3. The van der Waals surface area contributed by atoms with Gasteiger partial charge < -0.3 is 5.32 Å². The molecule has 2 rings (SSSR count). The van der Waals surface area contributed by atoms with Crippen molar-refractivity contribution in [2.45, 2.75) is 32.9 Å². The number of hydrogen-bond acceptors (Lipinski definition) is 1. The van der Waals surface area contributed by atoms with E-state index in [2.05, 4.69) is 43.4 Å². The van der Waals surface area contributed by atoms with Crippen molar-refractivity contribution in [2.24, 2.45) is 0 Å². The maximum Gasteiger partial charge on any atom is 0.0652 e. The normalized spacial score (nSPS) is 11.1. The van der Waals surface area contributed by atoms with Crippen molar-refractivity contribution in [3.63, 3.8) is 0 Å². The van der Waals surface area contributed by atoms with Crippen molar-refractivity contribution >= 4 is 34.8 Å². The molecule has 0 fully saturated rings. The molecule has 112 valence electrons. The summed E-state index contributed by atoms with van der Waals surface area (Å²) in [7, 11) is 0. The van der Waals surface area contributed by atoms with Gasteiger partial charge in [0.2, 0.25) is 0 Å². The first-order chi connectivity index (χ1) is 9.99. The summed E-state index contributed by atoms with van der Waals surface area (Å²) in [6, 6.07) is 12.1. The summed E-state index contributed by atoms with van der Waals surface area (Å²) in [5, 5.41) is 5.03. The first kappa shape index (κ1) is 16.6. The molecule has 21 heavy (non-hydrogen) atoms. The Kier molecular flexibility index (Phi) is 5.95. The van der Waals surface area contributed by atoms with E-state index < -0.39 is 0 Å². The van der Waals surface area contributed by atoms with Crippen LogP contribution in [0.25, 0.3) is 0 Å². The topological polar surface area (TPSA) is 12.0 Å². The highest BCUT2D eigenvalue weighted by Crippen LogP contribution is 2.31. The molecule has 0 saturated carbocycles. The molecule has 0 aliphatic rings. The standard InChI is InChI=1S/C17H18Cl3N/c1-11(2)13-5-3-12(4-6-13)9-21-10-14-15(18)7-8-16(19)17(14)20/h3-8,11,21H,9-10H2,1-2H3. The molecule has 1 nitrogen and oxygen atoms in total. The van der Waals surface area contributed by atoms with Gasteiger partial charge in [-0.2, -0.15) is 0 Å². The maximum atomic E-state index is 6.18. The van der Waals surface area contributed by atoms with Crippen molar-refractivity contribution in [2.75, 3.05) is 0 Å². The van der Waals surface area contributed by atoms with Gasteiger partial charge in [0.05, 0.1) is 10.0 Å². The van der Waals surface area contributed by atoms with E-state index in [1.54, 1.807) is 12.1 Å². The third-order valence-electron chi connectivity index (χ3n) is 3.42. The van der Waals surface area contributed by atoms with Crippen LogP contribution in [-0.2, 0) is 13.1 Å². The van der Waals surface area contributed by atoms with E-state index in [4.69, 9.17) is 34.8 Å². The van der Waals surface area contributed by atoms with Crippen LogP contribution in [0.2, 0.25) is 15.1 Å². The average molecular weight is 343 g/mol. The molecular formula is C17H18Cl3N. The van der Waals surface area contributed by atoms with Gasteiger partial charge in [0, 0.05) is 23.7 Å². The van der Waals surface area contributed by atoms with Crippen LogP contribution in [-0.4, -0.2) is 0 Å². The van der Waals surface area contributed by atoms with Crippen molar-refractivity contribution in [1.29, 1.82) is 0 Å². The Labute approximate surface area is 141 Å². The Morgan fingerprint density at radius 3 is 2.10 bits per heavy atom. The van der Waals surface area contributed by atoms with E-state index >= 15 is 0 Å². The van der Waals surface area contributed by atoms with Gasteiger partial charge in [0.15, 0.2) is 0 Å². The summed E-state index contributed by atoms with van der Waals surface area (Å²) in [6.07, 6.45) is 0. The lowest BCUT2D eigenvalue weighted by atomic mass is 10.0. The van der Waals surface area contributed by atoms with Gasteiger partial charge >= 0.3 is 0 Å². The van der Waals surface area contributed by atoms with Crippen LogP contribution in [0.5, 0.6) is 0 Å². The van der Waals surface area contributed by atoms with Gasteiger partial charge in [-0.25, -0.2) is 0 Å². The summed E-state index contributed by atoms with van der Waals surface area (Å²) < 4.78 is 0. The van der Waals surface area contributed by atoms with E-state index in [1.165, 1.54) is 11.1 Å². The second-order valence-corrected chi connectivity index (χ2v) is 6.51. The van der Waals surface area contributed by atoms with E-state index in [0.717, 1.165) is 12.1 Å². The molecule has 0 unspecified atom stereocenters. The average Bonchev–Trinajstić information content (AvgIpc) is 2.47. The zero-order valence-electron chi connectivity index (χ0n) is 12.1. The number of nitrogens with one attached hydrogen (secondary N) is 1. The fourth-order valence-electron chi connectivity index (χ4n) is 2.08. The smallest absolute Gasteiger partial charge is 0.0652 e. The van der Waals surface area contributed by atoms with Crippen molar-refractivity contribution in [3.05, 3.63) is 68.2 Å². The number of rotatable bonds is 5. The van der Waals surface area contributed by atoms with E-state index in [9.17, 15) is 0 Å². The highest BCUT2D eigenvalue weighted by Gasteiger charge is 2.09. The number of benzene rings is 2. The molecule has 0 aromatic heterocycles. The molecule has 0 atom stereocenters.